The number of nitrogens with zero attached hydrogens (tertiary/aromatic N) is 2. The number of hydrogen-bond donors (Lipinski definition) is 1. The number of rotatable bonds is 2. The van der Waals surface area contributed by atoms with Crippen molar-refractivity contribution in [1.29, 1.82) is 0 Å². The van der Waals surface area contributed by atoms with Crippen LogP contribution in [0, 0.1) is 12.8 Å². The third-order valence-electron chi connectivity index (χ3n) is 3.08. The molecule has 2 rings (SSSR count). The van der Waals surface area contributed by atoms with Gasteiger partial charge in [0.1, 0.15) is 0 Å². The number of aromatic nitrogens is 1. The summed E-state index contributed by atoms with van der Waals surface area (Å²) in [5.41, 5.74) is 1.62. The molecule has 1 atom stereocenters. The Morgan fingerprint density at radius 3 is 3.12 bits per heavy atom. The minimum atomic E-state index is 0.0517. The first-order chi connectivity index (χ1) is 7.72. The third kappa shape index (κ3) is 2.07. The van der Waals surface area contributed by atoms with Gasteiger partial charge in [0, 0.05) is 43.6 Å². The molecule has 4 nitrogen and oxygen atoms in total. The van der Waals surface area contributed by atoms with Gasteiger partial charge in [0.15, 0.2) is 0 Å². The van der Waals surface area contributed by atoms with E-state index in [1.807, 2.05) is 11.8 Å². The summed E-state index contributed by atoms with van der Waals surface area (Å²) in [5, 5.41) is 9.04. The average Bonchev–Trinajstić information content (AvgIpc) is 2.77. The molecule has 4 heteroatoms. The van der Waals surface area contributed by atoms with Crippen molar-refractivity contribution >= 4 is 5.91 Å². The lowest BCUT2D eigenvalue weighted by molar-refractivity contribution is 0.0781. The van der Waals surface area contributed by atoms with Crippen molar-refractivity contribution in [3.63, 3.8) is 0 Å². The minimum Gasteiger partial charge on any atom is -0.396 e. The van der Waals surface area contributed by atoms with Crippen LogP contribution in [0.15, 0.2) is 18.5 Å². The predicted octanol–water partition coefficient (Wildman–Crippen LogP) is 0.844. The number of hydrogen-bond acceptors (Lipinski definition) is 3. The quantitative estimate of drug-likeness (QED) is 0.803. The molecule has 16 heavy (non-hydrogen) atoms. The Hall–Kier alpha value is -1.42. The van der Waals surface area contributed by atoms with Crippen LogP contribution in [-0.2, 0) is 0 Å². The van der Waals surface area contributed by atoms with Crippen LogP contribution in [0.2, 0.25) is 0 Å². The second-order valence-corrected chi connectivity index (χ2v) is 4.28. The van der Waals surface area contributed by atoms with Crippen molar-refractivity contribution in [2.45, 2.75) is 13.3 Å². The van der Waals surface area contributed by atoms with E-state index in [1.54, 1.807) is 18.5 Å². The first kappa shape index (κ1) is 11.1. The lowest BCUT2D eigenvalue weighted by atomic mass is 10.1. The highest BCUT2D eigenvalue weighted by Crippen LogP contribution is 2.19. The van der Waals surface area contributed by atoms with Crippen LogP contribution in [0.3, 0.4) is 0 Å². The summed E-state index contributed by atoms with van der Waals surface area (Å²) in [6.45, 7) is 3.46. The molecule has 0 aliphatic carbocycles. The van der Waals surface area contributed by atoms with Gasteiger partial charge in [-0.15, -0.1) is 0 Å². The Morgan fingerprint density at radius 2 is 2.50 bits per heavy atom. The van der Waals surface area contributed by atoms with E-state index in [-0.39, 0.29) is 18.4 Å². The van der Waals surface area contributed by atoms with Gasteiger partial charge in [-0.1, -0.05) is 0 Å². The summed E-state index contributed by atoms with van der Waals surface area (Å²) in [6.07, 6.45) is 4.24. The number of aliphatic hydroxyl groups excluding tert-OH is 1. The Kier molecular flexibility index (Phi) is 3.19. The Morgan fingerprint density at radius 1 is 1.69 bits per heavy atom. The summed E-state index contributed by atoms with van der Waals surface area (Å²) in [7, 11) is 0. The van der Waals surface area contributed by atoms with Crippen LogP contribution in [0.5, 0.6) is 0 Å². The zero-order valence-electron chi connectivity index (χ0n) is 9.39. The molecule has 0 aromatic carbocycles. The van der Waals surface area contributed by atoms with E-state index >= 15 is 0 Å². The van der Waals surface area contributed by atoms with Crippen molar-refractivity contribution in [2.24, 2.45) is 5.92 Å². The fraction of sp³-hybridized carbons (Fsp3) is 0.500. The number of carbonyl (C=O) groups excluding carboxylic acids is 1. The zero-order chi connectivity index (χ0) is 11.5. The number of carbonyl (C=O) groups is 1. The third-order valence-corrected chi connectivity index (χ3v) is 3.08. The number of pyridine rings is 1. The largest absolute Gasteiger partial charge is 0.396 e. The molecular formula is C12H16N2O2. The molecule has 1 fully saturated rings. The maximum absolute atomic E-state index is 12.1. The molecule has 1 N–H and O–H groups in total. The first-order valence-corrected chi connectivity index (χ1v) is 5.53. The van der Waals surface area contributed by atoms with Crippen LogP contribution in [0.25, 0.3) is 0 Å². The first-order valence-electron chi connectivity index (χ1n) is 5.53. The van der Waals surface area contributed by atoms with E-state index in [1.165, 1.54) is 0 Å². The van der Waals surface area contributed by atoms with E-state index in [9.17, 15) is 4.79 Å². The van der Waals surface area contributed by atoms with Crippen molar-refractivity contribution in [3.8, 4) is 0 Å². The minimum absolute atomic E-state index is 0.0517. The lowest BCUT2D eigenvalue weighted by Crippen LogP contribution is -2.29. The topological polar surface area (TPSA) is 53.4 Å². The van der Waals surface area contributed by atoms with E-state index in [0.717, 1.165) is 18.5 Å². The van der Waals surface area contributed by atoms with Gasteiger partial charge in [0.05, 0.1) is 0 Å². The normalized spacial score (nSPS) is 20.1. The van der Waals surface area contributed by atoms with Crippen LogP contribution in [0.4, 0.5) is 0 Å². The van der Waals surface area contributed by atoms with E-state index in [4.69, 9.17) is 5.11 Å². The number of amides is 1. The fourth-order valence-electron chi connectivity index (χ4n) is 2.05. The van der Waals surface area contributed by atoms with E-state index < -0.39 is 0 Å². The van der Waals surface area contributed by atoms with Gasteiger partial charge >= 0.3 is 0 Å². The molecule has 1 amide bonds. The van der Waals surface area contributed by atoms with Crippen molar-refractivity contribution < 1.29 is 9.90 Å². The molecular weight excluding hydrogens is 204 g/mol. The number of aryl methyl sites for hydroxylation is 1. The maximum atomic E-state index is 12.1. The monoisotopic (exact) mass is 220 g/mol. The highest BCUT2D eigenvalue weighted by molar-refractivity contribution is 5.95. The highest BCUT2D eigenvalue weighted by Gasteiger charge is 2.26. The van der Waals surface area contributed by atoms with Crippen LogP contribution in [0.1, 0.15) is 22.3 Å². The molecule has 0 bridgehead atoms. The predicted molar refractivity (Wildman–Crippen MR) is 60.1 cm³/mol. The van der Waals surface area contributed by atoms with Crippen LogP contribution in [-0.4, -0.2) is 40.6 Å². The lowest BCUT2D eigenvalue weighted by Gasteiger charge is -2.17. The molecule has 2 heterocycles. The highest BCUT2D eigenvalue weighted by atomic mass is 16.3. The Bertz CT molecular complexity index is 392. The van der Waals surface area contributed by atoms with Crippen LogP contribution >= 0.6 is 0 Å². The van der Waals surface area contributed by atoms with Crippen molar-refractivity contribution in [1.82, 2.24) is 9.88 Å². The van der Waals surface area contributed by atoms with Gasteiger partial charge in [0.25, 0.3) is 5.91 Å². The molecule has 1 aliphatic rings. The molecule has 0 saturated carbocycles. The molecule has 1 aromatic heterocycles. The summed E-state index contributed by atoms with van der Waals surface area (Å²) in [6, 6.07) is 1.75. The number of likely N-dealkylation sites (tertiary alicyclic amines) is 1. The molecule has 1 saturated heterocycles. The van der Waals surface area contributed by atoms with E-state index in [2.05, 4.69) is 4.98 Å². The van der Waals surface area contributed by atoms with Gasteiger partial charge in [-0.05, 0) is 25.0 Å². The van der Waals surface area contributed by atoms with Crippen LogP contribution < -0.4 is 0 Å². The zero-order valence-corrected chi connectivity index (χ0v) is 9.39. The smallest absolute Gasteiger partial charge is 0.254 e. The van der Waals surface area contributed by atoms with Crippen molar-refractivity contribution in [3.05, 3.63) is 29.6 Å². The average molecular weight is 220 g/mol. The standard InChI is InChI=1S/C12H16N2O2/c1-9-6-13-4-2-11(9)12(16)14-5-3-10(7-14)8-15/h2,4,6,10,15H,3,5,7-8H2,1H3. The van der Waals surface area contributed by atoms with Gasteiger partial charge in [0.2, 0.25) is 0 Å². The summed E-state index contributed by atoms with van der Waals surface area (Å²) >= 11 is 0. The van der Waals surface area contributed by atoms with Crippen molar-refractivity contribution in [2.75, 3.05) is 19.7 Å². The van der Waals surface area contributed by atoms with Gasteiger partial charge in [-0.25, -0.2) is 0 Å². The second kappa shape index (κ2) is 4.61. The van der Waals surface area contributed by atoms with E-state index in [0.29, 0.717) is 12.1 Å². The van der Waals surface area contributed by atoms with Gasteiger partial charge in [-0.3, -0.25) is 9.78 Å². The summed E-state index contributed by atoms with van der Waals surface area (Å²) in [5.74, 6) is 0.293. The Labute approximate surface area is 94.9 Å². The van der Waals surface area contributed by atoms with Gasteiger partial charge < -0.3 is 10.0 Å². The Balaban J connectivity index is 2.12. The molecule has 1 aliphatic heterocycles. The SMILES string of the molecule is Cc1cnccc1C(=O)N1CCC(CO)C1. The molecule has 86 valence electrons. The number of aliphatic hydroxyl groups is 1. The molecule has 0 spiro atoms. The second-order valence-electron chi connectivity index (χ2n) is 4.28. The molecule has 0 radical (unpaired) electrons. The fourth-order valence-corrected chi connectivity index (χ4v) is 2.05. The summed E-state index contributed by atoms with van der Waals surface area (Å²) < 4.78 is 0. The maximum Gasteiger partial charge on any atom is 0.254 e. The molecule has 1 aromatic rings. The molecule has 1 unspecified atom stereocenters. The summed E-state index contributed by atoms with van der Waals surface area (Å²) in [4.78, 5) is 17.9. The van der Waals surface area contributed by atoms with Gasteiger partial charge in [-0.2, -0.15) is 0 Å².